The van der Waals surface area contributed by atoms with Gasteiger partial charge in [-0.05, 0) is 51.9 Å². The Labute approximate surface area is 115 Å². The van der Waals surface area contributed by atoms with Gasteiger partial charge in [0.15, 0.2) is 0 Å². The van der Waals surface area contributed by atoms with Gasteiger partial charge in [0, 0.05) is 24.2 Å². The van der Waals surface area contributed by atoms with Gasteiger partial charge in [-0.25, -0.2) is 0 Å². The van der Waals surface area contributed by atoms with Crippen LogP contribution in [0.15, 0.2) is 18.2 Å². The zero-order valence-electron chi connectivity index (χ0n) is 11.8. The van der Waals surface area contributed by atoms with Gasteiger partial charge in [0.1, 0.15) is 11.5 Å². The van der Waals surface area contributed by atoms with Crippen molar-refractivity contribution in [2.24, 2.45) is 5.92 Å². The third kappa shape index (κ3) is 3.61. The van der Waals surface area contributed by atoms with Crippen LogP contribution in [0.2, 0.25) is 0 Å². The molecule has 1 aliphatic heterocycles. The smallest absolute Gasteiger partial charge is 0.124 e. The number of nitrogens with one attached hydrogen (secondary N) is 1. The first kappa shape index (κ1) is 14.2. The second-order valence-corrected chi connectivity index (χ2v) is 5.57. The number of piperidine rings is 1. The molecule has 106 valence electrons. The van der Waals surface area contributed by atoms with Crippen LogP contribution in [0.3, 0.4) is 0 Å². The van der Waals surface area contributed by atoms with Gasteiger partial charge in [0.05, 0.1) is 0 Å². The van der Waals surface area contributed by atoms with Crippen LogP contribution in [0.25, 0.3) is 0 Å². The molecule has 2 atom stereocenters. The summed E-state index contributed by atoms with van der Waals surface area (Å²) in [5.41, 5.74) is 0.865. The van der Waals surface area contributed by atoms with Crippen molar-refractivity contribution in [2.75, 3.05) is 26.7 Å². The molecular formula is C15H24N2O2. The molecule has 0 radical (unpaired) electrons. The van der Waals surface area contributed by atoms with Gasteiger partial charge < -0.3 is 15.5 Å². The van der Waals surface area contributed by atoms with E-state index in [0.717, 1.165) is 25.2 Å². The minimum atomic E-state index is 0.104. The molecule has 0 bridgehead atoms. The molecule has 0 aliphatic carbocycles. The van der Waals surface area contributed by atoms with E-state index in [4.69, 9.17) is 0 Å². The Kier molecular flexibility index (Phi) is 4.66. The number of hydrogen-bond acceptors (Lipinski definition) is 4. The zero-order chi connectivity index (χ0) is 13.8. The third-order valence-electron chi connectivity index (χ3n) is 4.07. The molecule has 4 nitrogen and oxygen atoms in total. The number of phenolic OH excluding ortho intramolecular Hbond substituents is 2. The lowest BCUT2D eigenvalue weighted by Gasteiger charge is -2.31. The molecular weight excluding hydrogens is 240 g/mol. The molecule has 1 fully saturated rings. The van der Waals surface area contributed by atoms with Crippen molar-refractivity contribution in [3.05, 3.63) is 23.8 Å². The van der Waals surface area contributed by atoms with Crippen molar-refractivity contribution >= 4 is 0 Å². The Bertz CT molecular complexity index is 417. The molecule has 2 rings (SSSR count). The summed E-state index contributed by atoms with van der Waals surface area (Å²) >= 11 is 0. The molecule has 1 heterocycles. The molecule has 3 N–H and O–H groups in total. The highest BCUT2D eigenvalue weighted by molar-refractivity contribution is 5.40. The van der Waals surface area contributed by atoms with Crippen molar-refractivity contribution in [1.29, 1.82) is 0 Å². The molecule has 1 aliphatic rings. The molecule has 0 saturated carbocycles. The van der Waals surface area contributed by atoms with Gasteiger partial charge in [0.2, 0.25) is 0 Å². The minimum absolute atomic E-state index is 0.104. The number of hydrogen-bond donors (Lipinski definition) is 3. The average Bonchev–Trinajstić information content (AvgIpc) is 2.39. The fourth-order valence-corrected chi connectivity index (χ4v) is 2.77. The van der Waals surface area contributed by atoms with Crippen LogP contribution in [0.5, 0.6) is 11.5 Å². The molecule has 0 aromatic heterocycles. The molecule has 1 saturated heterocycles. The van der Waals surface area contributed by atoms with Gasteiger partial charge in [-0.15, -0.1) is 0 Å². The van der Waals surface area contributed by atoms with E-state index in [-0.39, 0.29) is 17.5 Å². The Morgan fingerprint density at radius 2 is 2.21 bits per heavy atom. The first-order chi connectivity index (χ1) is 9.08. The lowest BCUT2D eigenvalue weighted by molar-refractivity contribution is 0.196. The predicted molar refractivity (Wildman–Crippen MR) is 76.4 cm³/mol. The Morgan fingerprint density at radius 1 is 1.42 bits per heavy atom. The molecule has 2 unspecified atom stereocenters. The van der Waals surface area contributed by atoms with Gasteiger partial charge in [-0.2, -0.15) is 0 Å². The lowest BCUT2D eigenvalue weighted by Crippen LogP contribution is -2.37. The van der Waals surface area contributed by atoms with Crippen molar-refractivity contribution in [2.45, 2.75) is 25.8 Å². The molecule has 19 heavy (non-hydrogen) atoms. The zero-order valence-corrected chi connectivity index (χ0v) is 11.8. The number of nitrogens with zero attached hydrogens (tertiary/aromatic N) is 1. The van der Waals surface area contributed by atoms with E-state index in [2.05, 4.69) is 24.2 Å². The number of phenols is 2. The van der Waals surface area contributed by atoms with Crippen LogP contribution in [-0.4, -0.2) is 41.8 Å². The van der Waals surface area contributed by atoms with E-state index in [0.29, 0.717) is 5.92 Å². The van der Waals surface area contributed by atoms with E-state index in [1.54, 1.807) is 12.1 Å². The van der Waals surface area contributed by atoms with E-state index in [1.165, 1.54) is 18.9 Å². The number of aromatic hydroxyl groups is 2. The lowest BCUT2D eigenvalue weighted by atomic mass is 9.97. The quantitative estimate of drug-likeness (QED) is 0.779. The third-order valence-corrected chi connectivity index (χ3v) is 4.07. The summed E-state index contributed by atoms with van der Waals surface area (Å²) < 4.78 is 0. The van der Waals surface area contributed by atoms with Gasteiger partial charge in [-0.1, -0.05) is 6.07 Å². The fraction of sp³-hybridized carbons (Fsp3) is 0.600. The maximum atomic E-state index is 9.92. The Hall–Kier alpha value is -1.26. The normalized spacial score (nSPS) is 21.5. The SMILES string of the molecule is CC(c1ccc(O)cc1O)N(C)CC1CCCNC1. The van der Waals surface area contributed by atoms with Gasteiger partial charge in [0.25, 0.3) is 0 Å². The Balaban J connectivity index is 1.99. The van der Waals surface area contributed by atoms with Crippen LogP contribution in [0.1, 0.15) is 31.4 Å². The second kappa shape index (κ2) is 6.26. The highest BCUT2D eigenvalue weighted by Crippen LogP contribution is 2.31. The standard InChI is InChI=1S/C15H24N2O2/c1-11(14-6-5-13(18)8-15(14)19)17(2)10-12-4-3-7-16-9-12/h5-6,8,11-12,16,18-19H,3-4,7,9-10H2,1-2H3. The summed E-state index contributed by atoms with van der Waals surface area (Å²) in [7, 11) is 2.09. The largest absolute Gasteiger partial charge is 0.508 e. The van der Waals surface area contributed by atoms with Crippen molar-refractivity contribution in [1.82, 2.24) is 10.2 Å². The molecule has 1 aromatic carbocycles. The maximum absolute atomic E-state index is 9.92. The monoisotopic (exact) mass is 264 g/mol. The Morgan fingerprint density at radius 3 is 2.84 bits per heavy atom. The van der Waals surface area contributed by atoms with E-state index >= 15 is 0 Å². The average molecular weight is 264 g/mol. The molecule has 4 heteroatoms. The topological polar surface area (TPSA) is 55.7 Å². The highest BCUT2D eigenvalue weighted by Gasteiger charge is 2.20. The summed E-state index contributed by atoms with van der Waals surface area (Å²) in [6.07, 6.45) is 2.52. The van der Waals surface area contributed by atoms with Crippen LogP contribution in [0.4, 0.5) is 0 Å². The summed E-state index contributed by atoms with van der Waals surface area (Å²) in [4.78, 5) is 2.27. The van der Waals surface area contributed by atoms with Crippen LogP contribution >= 0.6 is 0 Å². The van der Waals surface area contributed by atoms with Crippen molar-refractivity contribution < 1.29 is 10.2 Å². The van der Waals surface area contributed by atoms with Gasteiger partial charge >= 0.3 is 0 Å². The summed E-state index contributed by atoms with van der Waals surface area (Å²) in [6, 6.07) is 4.97. The van der Waals surface area contributed by atoms with Crippen molar-refractivity contribution in [3.63, 3.8) is 0 Å². The number of rotatable bonds is 4. The number of benzene rings is 1. The highest BCUT2D eigenvalue weighted by atomic mass is 16.3. The molecule has 0 spiro atoms. The first-order valence-corrected chi connectivity index (χ1v) is 7.00. The maximum Gasteiger partial charge on any atom is 0.124 e. The van der Waals surface area contributed by atoms with Gasteiger partial charge in [-0.3, -0.25) is 4.90 Å². The molecule has 0 amide bonds. The summed E-state index contributed by atoms with van der Waals surface area (Å²) in [5.74, 6) is 0.953. The van der Waals surface area contributed by atoms with Crippen LogP contribution in [-0.2, 0) is 0 Å². The summed E-state index contributed by atoms with van der Waals surface area (Å²) in [6.45, 7) is 5.32. The van der Waals surface area contributed by atoms with Crippen molar-refractivity contribution in [3.8, 4) is 11.5 Å². The van der Waals surface area contributed by atoms with Crippen LogP contribution in [0, 0.1) is 5.92 Å². The molecule has 1 aromatic rings. The first-order valence-electron chi connectivity index (χ1n) is 7.00. The minimum Gasteiger partial charge on any atom is -0.508 e. The fourth-order valence-electron chi connectivity index (χ4n) is 2.77. The van der Waals surface area contributed by atoms with E-state index in [1.807, 2.05) is 0 Å². The van der Waals surface area contributed by atoms with E-state index < -0.39 is 0 Å². The predicted octanol–water partition coefficient (Wildman–Crippen LogP) is 2.09. The summed E-state index contributed by atoms with van der Waals surface area (Å²) in [5, 5.41) is 22.7. The van der Waals surface area contributed by atoms with E-state index in [9.17, 15) is 10.2 Å². The second-order valence-electron chi connectivity index (χ2n) is 5.57. The van der Waals surface area contributed by atoms with Crippen LogP contribution < -0.4 is 5.32 Å².